The van der Waals surface area contributed by atoms with Crippen LogP contribution in [0.5, 0.6) is 0 Å². The van der Waals surface area contributed by atoms with Gasteiger partial charge in [0.05, 0.1) is 17.1 Å². The van der Waals surface area contributed by atoms with Gasteiger partial charge in [0.1, 0.15) is 83.3 Å². The summed E-state index contributed by atoms with van der Waals surface area (Å²) < 4.78 is 1.82. The van der Waals surface area contributed by atoms with E-state index < -0.39 is 0 Å². The fourth-order valence-corrected chi connectivity index (χ4v) is 13.8. The van der Waals surface area contributed by atoms with Crippen LogP contribution in [-0.2, 0) is 38.5 Å². The summed E-state index contributed by atoms with van der Waals surface area (Å²) in [6.45, 7) is 52.5. The molecular weight excluding hydrogens is 1680 g/mol. The summed E-state index contributed by atoms with van der Waals surface area (Å²) in [6.07, 6.45) is 28.3. The number of pyridine rings is 6. The Kier molecular flexibility index (Phi) is 35.6. The third-order valence-corrected chi connectivity index (χ3v) is 20.5. The van der Waals surface area contributed by atoms with Crippen LogP contribution >= 0.6 is 50.1 Å². The minimum atomic E-state index is 0.382. The van der Waals surface area contributed by atoms with Crippen molar-refractivity contribution in [2.45, 2.75) is 213 Å². The molecule has 12 N–H and O–H groups in total. The molecule has 0 aliphatic carbocycles. The van der Waals surface area contributed by atoms with E-state index in [1.165, 1.54) is 61.2 Å². The number of halogens is 3. The molecule has 12 rings (SSSR count). The van der Waals surface area contributed by atoms with E-state index in [2.05, 4.69) is 255 Å². The predicted molar refractivity (Wildman–Crippen MR) is 499 cm³/mol. The first kappa shape index (κ1) is 95.0. The number of nitrogens with two attached hydrogens (primary N) is 6. The molecule has 12 aromatic heterocycles. The SMILES string of the molecule is C=C(C)c1cc(Cc2cnc(C)nc2N)c(C(C)C)cn1.C=C(C)c1cc(Cc2cnc(C)nc2N)c(C(C)C)cn1.C=Cc1cc(Cc2cnc(C)nc2N)c(C(C)C)cn1.Cc1ncc(Cc2cc(Br)ncc2C(C)C)c(N)n1.Cc1ncc(Cc2cc(Cl)ncc2C(C)C)c(N)n1.Cc1ncc(Cc2cc(I)ncc2C(C)C)c(N)n1. The van der Waals surface area contributed by atoms with Gasteiger partial charge >= 0.3 is 0 Å². The first-order chi connectivity index (χ1) is 56.2. The van der Waals surface area contributed by atoms with Crippen LogP contribution in [0.3, 0.4) is 0 Å². The van der Waals surface area contributed by atoms with Gasteiger partial charge in [-0.25, -0.2) is 69.8 Å². The molecule has 0 radical (unpaired) electrons. The molecule has 0 saturated heterocycles. The van der Waals surface area contributed by atoms with Gasteiger partial charge in [0.2, 0.25) is 0 Å². The Hall–Kier alpha value is -11.1. The molecule has 0 aromatic carbocycles. The van der Waals surface area contributed by atoms with Gasteiger partial charge in [-0.05, 0) is 250 Å². The van der Waals surface area contributed by atoms with Gasteiger partial charge < -0.3 is 34.4 Å². The first-order valence-corrected chi connectivity index (χ1v) is 41.7. The summed E-state index contributed by atoms with van der Waals surface area (Å²) in [5.41, 5.74) is 60.6. The second-order valence-corrected chi connectivity index (χ2v) is 33.5. The van der Waals surface area contributed by atoms with Crippen molar-refractivity contribution in [1.29, 1.82) is 0 Å². The van der Waals surface area contributed by atoms with E-state index in [-0.39, 0.29) is 0 Å². The Morgan fingerprint density at radius 1 is 0.328 bits per heavy atom. The lowest BCUT2D eigenvalue weighted by atomic mass is 9.94. The standard InChI is InChI=1S/2C17H22N4.C16H20N4.C14H17BrN4.C14H17ClN4.C14H17IN4/c2*1-10(2)15-9-20-16(11(3)4)7-13(15)6-14-8-19-12(5)21-17(14)18;1-5-14-7-12(15(9-19-14)10(2)3)6-13-8-18-11(4)20-16(13)17;3*1-8(2)12-7-18-13(15)5-10(12)4-11-6-17-9(3)19-14(11)16/h2*7-10H,3,6H2,1-2,4-5H3,(H2,18,19,21);5,7-10H,1,6H2,2-4H3,(H2,17,18,20);3*5-8H,4H2,1-3H3,(H2,16,17,19). The van der Waals surface area contributed by atoms with Crippen molar-refractivity contribution in [3.63, 3.8) is 0 Å². The van der Waals surface area contributed by atoms with Crippen LogP contribution in [0.2, 0.25) is 5.15 Å². The molecule has 0 aliphatic heterocycles. The predicted octanol–water partition coefficient (Wildman–Crippen LogP) is 19.6. The second-order valence-electron chi connectivity index (χ2n) is 31.2. The summed E-state index contributed by atoms with van der Waals surface area (Å²) in [5, 5.41) is 0.492. The zero-order chi connectivity index (χ0) is 87.8. The molecule has 0 saturated carbocycles. The third-order valence-electron chi connectivity index (χ3n) is 19.3. The number of hydrogen-bond acceptors (Lipinski definition) is 24. The molecule has 12 heterocycles. The number of rotatable bonds is 21. The second kappa shape index (κ2) is 44.6. The molecule has 12 aromatic rings. The minimum absolute atomic E-state index is 0.382. The molecular formula is C92H115BrClIN24. The minimum Gasteiger partial charge on any atom is -0.383 e. The van der Waals surface area contributed by atoms with Gasteiger partial charge in [-0.3, -0.25) is 19.9 Å². The van der Waals surface area contributed by atoms with Crippen LogP contribution in [0.25, 0.3) is 17.2 Å². The Labute approximate surface area is 729 Å². The first-order valence-electron chi connectivity index (χ1n) is 39.5. The molecule has 0 aliphatic rings. The summed E-state index contributed by atoms with van der Waals surface area (Å²) >= 11 is 11.6. The van der Waals surface area contributed by atoms with Gasteiger partial charge in [-0.2, -0.15) is 0 Å². The summed E-state index contributed by atoms with van der Waals surface area (Å²) in [6, 6.07) is 12.3. The maximum Gasteiger partial charge on any atom is 0.130 e. The summed E-state index contributed by atoms with van der Waals surface area (Å²) in [7, 11) is 0. The number of hydrogen-bond donors (Lipinski definition) is 6. The van der Waals surface area contributed by atoms with Gasteiger partial charge in [-0.1, -0.05) is 114 Å². The Balaban J connectivity index is 0.000000197. The summed E-state index contributed by atoms with van der Waals surface area (Å²) in [4.78, 5) is 76.8. The molecule has 0 amide bonds. The smallest absolute Gasteiger partial charge is 0.130 e. The Bertz CT molecular complexity index is 5140. The van der Waals surface area contributed by atoms with Crippen molar-refractivity contribution < 1.29 is 0 Å². The van der Waals surface area contributed by atoms with Crippen LogP contribution < -0.4 is 34.4 Å². The zero-order valence-corrected chi connectivity index (χ0v) is 76.9. The highest BCUT2D eigenvalue weighted by Crippen LogP contribution is 2.32. The number of aromatic nitrogens is 18. The van der Waals surface area contributed by atoms with Gasteiger partial charge in [0, 0.05) is 146 Å². The van der Waals surface area contributed by atoms with Crippen molar-refractivity contribution in [3.8, 4) is 0 Å². The molecule has 27 heteroatoms. The third kappa shape index (κ3) is 28.6. The van der Waals surface area contributed by atoms with Crippen molar-refractivity contribution in [1.82, 2.24) is 89.7 Å². The van der Waals surface area contributed by atoms with Crippen LogP contribution in [0, 0.1) is 45.2 Å². The lowest BCUT2D eigenvalue weighted by Crippen LogP contribution is -2.05. The monoisotopic (exact) mass is 1800 g/mol. The maximum absolute atomic E-state index is 6.01. The maximum atomic E-state index is 6.01. The molecule has 0 fully saturated rings. The molecule has 0 bridgehead atoms. The van der Waals surface area contributed by atoms with E-state index in [0.717, 1.165) is 88.3 Å². The molecule has 119 heavy (non-hydrogen) atoms. The quantitative estimate of drug-likeness (QED) is 0.0287. The Morgan fingerprint density at radius 2 is 0.563 bits per heavy atom. The lowest BCUT2D eigenvalue weighted by molar-refractivity contribution is 0.835. The van der Waals surface area contributed by atoms with Crippen molar-refractivity contribution in [2.24, 2.45) is 0 Å². The van der Waals surface area contributed by atoms with Crippen LogP contribution in [0.15, 0.2) is 135 Å². The van der Waals surface area contributed by atoms with E-state index in [1.54, 1.807) is 24.7 Å². The van der Waals surface area contributed by atoms with Crippen molar-refractivity contribution >= 4 is 102 Å². The molecule has 0 spiro atoms. The topological polar surface area (TPSA) is 388 Å². The lowest BCUT2D eigenvalue weighted by Gasteiger charge is -2.15. The number of allylic oxidation sites excluding steroid dienone is 2. The zero-order valence-electron chi connectivity index (χ0n) is 72.4. The van der Waals surface area contributed by atoms with Crippen LogP contribution in [0.1, 0.15) is 285 Å². The highest BCUT2D eigenvalue weighted by molar-refractivity contribution is 14.1. The number of anilines is 6. The van der Waals surface area contributed by atoms with Crippen LogP contribution in [-0.4, -0.2) is 89.7 Å². The van der Waals surface area contributed by atoms with E-state index in [4.69, 9.17) is 46.0 Å². The molecule has 624 valence electrons. The van der Waals surface area contributed by atoms with Crippen molar-refractivity contribution in [3.05, 3.63) is 296 Å². The van der Waals surface area contributed by atoms with Gasteiger partial charge in [0.15, 0.2) is 0 Å². The summed E-state index contributed by atoms with van der Waals surface area (Å²) in [5.74, 6) is 9.88. The molecule has 0 atom stereocenters. The molecule has 24 nitrogen and oxygen atoms in total. The fraction of sp³-hybridized carbons (Fsp3) is 0.348. The highest BCUT2D eigenvalue weighted by atomic mass is 127. The average molecular weight is 1800 g/mol. The van der Waals surface area contributed by atoms with E-state index in [1.807, 2.05) is 123 Å². The normalized spacial score (nSPS) is 10.9. The van der Waals surface area contributed by atoms with E-state index >= 15 is 0 Å². The number of nitrogen functional groups attached to an aromatic ring is 6. The number of nitrogens with zero attached hydrogens (tertiary/aromatic N) is 18. The number of aryl methyl sites for hydroxylation is 6. The highest BCUT2D eigenvalue weighted by Gasteiger charge is 2.19. The fourth-order valence-electron chi connectivity index (χ4n) is 12.7. The van der Waals surface area contributed by atoms with Gasteiger partial charge in [-0.15, -0.1) is 0 Å². The largest absolute Gasteiger partial charge is 0.383 e. The van der Waals surface area contributed by atoms with Crippen molar-refractivity contribution in [2.75, 3.05) is 34.4 Å². The Morgan fingerprint density at radius 3 is 0.832 bits per heavy atom. The van der Waals surface area contributed by atoms with E-state index in [9.17, 15) is 0 Å². The van der Waals surface area contributed by atoms with E-state index in [0.29, 0.717) is 136 Å². The van der Waals surface area contributed by atoms with Crippen LogP contribution in [0.4, 0.5) is 34.9 Å². The van der Waals surface area contributed by atoms with Gasteiger partial charge in [0.25, 0.3) is 0 Å². The average Bonchev–Trinajstić information content (AvgIpc) is 0.826. The molecule has 0 unspecified atom stereocenters.